The maximum atomic E-state index is 13.1. The van der Waals surface area contributed by atoms with Crippen LogP contribution in [-0.4, -0.2) is 86.8 Å². The van der Waals surface area contributed by atoms with Gasteiger partial charge in [0, 0.05) is 45.5 Å². The largest absolute Gasteiger partial charge is 0.493 e. The van der Waals surface area contributed by atoms with E-state index in [2.05, 4.69) is 14.8 Å². The van der Waals surface area contributed by atoms with E-state index in [-0.39, 0.29) is 11.9 Å². The zero-order chi connectivity index (χ0) is 24.8. The average molecular weight is 483 g/mol. The van der Waals surface area contributed by atoms with Crippen LogP contribution in [0.5, 0.6) is 11.5 Å². The molecule has 0 aliphatic carbocycles. The number of anilines is 1. The molecular weight excluding hydrogens is 448 g/mol. The Morgan fingerprint density at radius 3 is 2.43 bits per heavy atom. The molecule has 2 aromatic rings. The molecule has 2 aliphatic rings. The number of rotatable bonds is 7. The Hall–Kier alpha value is -3.33. The highest BCUT2D eigenvalue weighted by Crippen LogP contribution is 2.33. The van der Waals surface area contributed by atoms with E-state index >= 15 is 0 Å². The summed E-state index contributed by atoms with van der Waals surface area (Å²) in [5, 5.41) is 0. The second-order valence-corrected chi connectivity index (χ2v) is 8.78. The fraction of sp³-hybridized carbons (Fsp3) is 0.500. The van der Waals surface area contributed by atoms with Gasteiger partial charge >= 0.3 is 5.97 Å². The fourth-order valence-corrected chi connectivity index (χ4v) is 4.65. The molecule has 0 bridgehead atoms. The summed E-state index contributed by atoms with van der Waals surface area (Å²) >= 11 is 0. The zero-order valence-electron chi connectivity index (χ0n) is 20.8. The summed E-state index contributed by atoms with van der Waals surface area (Å²) in [6, 6.07) is 7.62. The number of methoxy groups -OCH3 is 2. The van der Waals surface area contributed by atoms with Gasteiger partial charge in [-0.25, -0.2) is 9.78 Å². The molecule has 0 atom stereocenters. The van der Waals surface area contributed by atoms with E-state index in [0.29, 0.717) is 37.6 Å². The van der Waals surface area contributed by atoms with Gasteiger partial charge in [-0.2, -0.15) is 0 Å². The SMILES string of the molecule is CCOC(=O)c1ccc(N2CCCN(CC(=O)N3CCc4cc(OC)c(OC)cc4C3)CC2)nc1. The van der Waals surface area contributed by atoms with Crippen LogP contribution in [0.25, 0.3) is 0 Å². The molecule has 1 saturated heterocycles. The number of hydrogen-bond acceptors (Lipinski definition) is 8. The Kier molecular flexibility index (Phi) is 8.07. The number of carbonyl (C=O) groups excluding carboxylic acids is 2. The Labute approximate surface area is 206 Å². The maximum Gasteiger partial charge on any atom is 0.339 e. The first-order valence-corrected chi connectivity index (χ1v) is 12.1. The van der Waals surface area contributed by atoms with Crippen molar-refractivity contribution in [2.24, 2.45) is 0 Å². The monoisotopic (exact) mass is 482 g/mol. The molecule has 9 heteroatoms. The van der Waals surface area contributed by atoms with Crippen LogP contribution in [0.3, 0.4) is 0 Å². The molecule has 0 radical (unpaired) electrons. The number of aromatic nitrogens is 1. The summed E-state index contributed by atoms with van der Waals surface area (Å²) in [6.07, 6.45) is 3.31. The Balaban J connectivity index is 1.32. The topological polar surface area (TPSA) is 84.4 Å². The fourth-order valence-electron chi connectivity index (χ4n) is 4.65. The molecular formula is C26H34N4O5. The lowest BCUT2D eigenvalue weighted by atomic mass is 9.98. The first-order chi connectivity index (χ1) is 17.0. The first-order valence-electron chi connectivity index (χ1n) is 12.1. The number of amides is 1. The van der Waals surface area contributed by atoms with Crippen molar-refractivity contribution >= 4 is 17.7 Å². The smallest absolute Gasteiger partial charge is 0.339 e. The van der Waals surface area contributed by atoms with E-state index in [1.807, 2.05) is 23.1 Å². The third kappa shape index (κ3) is 5.85. The summed E-state index contributed by atoms with van der Waals surface area (Å²) in [5.41, 5.74) is 2.78. The van der Waals surface area contributed by atoms with Crippen LogP contribution < -0.4 is 14.4 Å². The Morgan fingerprint density at radius 2 is 1.74 bits per heavy atom. The third-order valence-electron chi connectivity index (χ3n) is 6.60. The molecule has 188 valence electrons. The van der Waals surface area contributed by atoms with Crippen molar-refractivity contribution in [2.45, 2.75) is 26.3 Å². The summed E-state index contributed by atoms with van der Waals surface area (Å²) in [6.45, 7) is 7.10. The van der Waals surface area contributed by atoms with Gasteiger partial charge in [0.2, 0.25) is 5.91 Å². The van der Waals surface area contributed by atoms with Crippen molar-refractivity contribution in [3.63, 3.8) is 0 Å². The molecule has 1 fully saturated rings. The second kappa shape index (κ2) is 11.4. The van der Waals surface area contributed by atoms with Gasteiger partial charge < -0.3 is 24.0 Å². The van der Waals surface area contributed by atoms with Crippen LogP contribution in [0.4, 0.5) is 5.82 Å². The second-order valence-electron chi connectivity index (χ2n) is 8.78. The number of benzene rings is 1. The first kappa shape index (κ1) is 24.8. The van der Waals surface area contributed by atoms with E-state index < -0.39 is 0 Å². The molecule has 9 nitrogen and oxygen atoms in total. The number of pyridine rings is 1. The lowest BCUT2D eigenvalue weighted by Gasteiger charge is -2.31. The van der Waals surface area contributed by atoms with Crippen molar-refractivity contribution < 1.29 is 23.8 Å². The van der Waals surface area contributed by atoms with Crippen molar-refractivity contribution in [3.8, 4) is 11.5 Å². The van der Waals surface area contributed by atoms with Crippen molar-refractivity contribution in [1.82, 2.24) is 14.8 Å². The minimum Gasteiger partial charge on any atom is -0.493 e. The standard InChI is InChI=1S/C26H34N4O5/c1-4-35-26(32)20-6-7-24(27-16-20)29-10-5-9-28(12-13-29)18-25(31)30-11-8-19-14-22(33-2)23(34-3)15-21(19)17-30/h6-7,14-16H,4-5,8-13,17-18H2,1-3H3. The summed E-state index contributed by atoms with van der Waals surface area (Å²) in [5.74, 6) is 2.05. The van der Waals surface area contributed by atoms with Crippen LogP contribution in [0.1, 0.15) is 34.8 Å². The predicted molar refractivity (Wildman–Crippen MR) is 132 cm³/mol. The molecule has 0 N–H and O–H groups in total. The highest BCUT2D eigenvalue weighted by atomic mass is 16.5. The number of carbonyl (C=O) groups is 2. The molecule has 0 spiro atoms. The van der Waals surface area contributed by atoms with Crippen LogP contribution >= 0.6 is 0 Å². The van der Waals surface area contributed by atoms with Gasteiger partial charge in [0.15, 0.2) is 11.5 Å². The molecule has 0 saturated carbocycles. The van der Waals surface area contributed by atoms with Crippen molar-refractivity contribution in [3.05, 3.63) is 47.2 Å². The molecule has 1 aromatic heterocycles. The van der Waals surface area contributed by atoms with Gasteiger partial charge in [0.05, 0.1) is 32.9 Å². The quantitative estimate of drug-likeness (QED) is 0.557. The number of hydrogen-bond donors (Lipinski definition) is 0. The van der Waals surface area contributed by atoms with Crippen molar-refractivity contribution in [1.29, 1.82) is 0 Å². The van der Waals surface area contributed by atoms with Gasteiger partial charge in [-0.05, 0) is 55.2 Å². The number of nitrogens with zero attached hydrogens (tertiary/aromatic N) is 4. The minimum absolute atomic E-state index is 0.149. The van der Waals surface area contributed by atoms with E-state index in [1.165, 1.54) is 5.56 Å². The molecule has 1 aromatic carbocycles. The summed E-state index contributed by atoms with van der Waals surface area (Å²) < 4.78 is 15.9. The van der Waals surface area contributed by atoms with Crippen molar-refractivity contribution in [2.75, 3.05) is 65.0 Å². The van der Waals surface area contributed by atoms with E-state index in [1.54, 1.807) is 33.4 Å². The van der Waals surface area contributed by atoms with Gasteiger partial charge in [0.25, 0.3) is 0 Å². The van der Waals surface area contributed by atoms with Gasteiger partial charge in [0.1, 0.15) is 5.82 Å². The predicted octanol–water partition coefficient (Wildman–Crippen LogP) is 2.37. The third-order valence-corrected chi connectivity index (χ3v) is 6.60. The van der Waals surface area contributed by atoms with Crippen LogP contribution in [-0.2, 0) is 22.5 Å². The van der Waals surface area contributed by atoms with Crippen LogP contribution in [0, 0.1) is 0 Å². The summed E-state index contributed by atoms with van der Waals surface area (Å²) in [7, 11) is 3.27. The molecule has 4 rings (SSSR count). The molecule has 0 unspecified atom stereocenters. The molecule has 1 amide bonds. The summed E-state index contributed by atoms with van der Waals surface area (Å²) in [4.78, 5) is 35.8. The minimum atomic E-state index is -0.356. The normalized spacial score (nSPS) is 16.3. The zero-order valence-corrected chi connectivity index (χ0v) is 20.8. The molecule has 3 heterocycles. The average Bonchev–Trinajstić information content (AvgIpc) is 3.13. The van der Waals surface area contributed by atoms with E-state index in [9.17, 15) is 9.59 Å². The van der Waals surface area contributed by atoms with Gasteiger partial charge in [-0.3, -0.25) is 9.69 Å². The number of ether oxygens (including phenoxy) is 3. The highest BCUT2D eigenvalue weighted by Gasteiger charge is 2.25. The van der Waals surface area contributed by atoms with E-state index in [0.717, 1.165) is 56.2 Å². The highest BCUT2D eigenvalue weighted by molar-refractivity contribution is 5.89. The molecule has 35 heavy (non-hydrogen) atoms. The lowest BCUT2D eigenvalue weighted by Crippen LogP contribution is -2.43. The number of fused-ring (bicyclic) bond motifs is 1. The van der Waals surface area contributed by atoms with Gasteiger partial charge in [-0.1, -0.05) is 0 Å². The lowest BCUT2D eigenvalue weighted by molar-refractivity contribution is -0.133. The van der Waals surface area contributed by atoms with Crippen LogP contribution in [0.2, 0.25) is 0 Å². The van der Waals surface area contributed by atoms with Gasteiger partial charge in [-0.15, -0.1) is 0 Å². The van der Waals surface area contributed by atoms with Crippen LogP contribution in [0.15, 0.2) is 30.5 Å². The number of esters is 1. The molecule has 2 aliphatic heterocycles. The Morgan fingerprint density at radius 1 is 0.971 bits per heavy atom. The maximum absolute atomic E-state index is 13.1. The Bertz CT molecular complexity index is 1040. The van der Waals surface area contributed by atoms with E-state index in [4.69, 9.17) is 14.2 Å².